The Morgan fingerprint density at radius 1 is 1.29 bits per heavy atom. The first-order chi connectivity index (χ1) is 9.79. The van der Waals surface area contributed by atoms with E-state index in [9.17, 15) is 0 Å². The summed E-state index contributed by atoms with van der Waals surface area (Å²) in [5.74, 6) is 0.752. The maximum Gasteiger partial charge on any atom is 0.191 e. The number of aliphatic imine (C=N–C) groups is 1. The van der Waals surface area contributed by atoms with Crippen LogP contribution in [0.25, 0.3) is 0 Å². The third kappa shape index (κ3) is 5.92. The number of guanidine groups is 1. The fraction of sp³-hybridized carbons (Fsp3) is 0.286. The van der Waals surface area contributed by atoms with Crippen LogP contribution in [0.4, 0.5) is 0 Å². The summed E-state index contributed by atoms with van der Waals surface area (Å²) in [6.07, 6.45) is 1.73. The number of aromatic amines is 1. The van der Waals surface area contributed by atoms with Gasteiger partial charge in [-0.2, -0.15) is 5.10 Å². The minimum Gasteiger partial charge on any atom is -0.357 e. The number of hydrogen-bond donors (Lipinski definition) is 3. The quantitative estimate of drug-likeness (QED) is 0.397. The van der Waals surface area contributed by atoms with Gasteiger partial charge < -0.3 is 10.6 Å². The zero-order chi connectivity index (χ0) is 14.2. The van der Waals surface area contributed by atoms with Gasteiger partial charge in [0.2, 0.25) is 0 Å². The SMILES string of the molecule is CCNC(=NCc1ccccc1Cl)NCc1ccn[nH]1.I. The van der Waals surface area contributed by atoms with E-state index in [4.69, 9.17) is 11.6 Å². The molecule has 0 aliphatic heterocycles. The van der Waals surface area contributed by atoms with Crippen molar-refractivity contribution in [1.82, 2.24) is 20.8 Å². The molecule has 3 N–H and O–H groups in total. The van der Waals surface area contributed by atoms with E-state index in [1.54, 1.807) is 6.20 Å². The molecule has 5 nitrogen and oxygen atoms in total. The topological polar surface area (TPSA) is 65.1 Å². The van der Waals surface area contributed by atoms with E-state index in [0.717, 1.165) is 28.8 Å². The molecule has 2 rings (SSSR count). The van der Waals surface area contributed by atoms with Gasteiger partial charge in [-0.15, -0.1) is 24.0 Å². The Balaban J connectivity index is 0.00000220. The summed E-state index contributed by atoms with van der Waals surface area (Å²) in [5, 5.41) is 14.0. The van der Waals surface area contributed by atoms with Crippen molar-refractivity contribution in [2.24, 2.45) is 4.99 Å². The molecule has 1 aromatic heterocycles. The van der Waals surface area contributed by atoms with Crippen molar-refractivity contribution in [3.63, 3.8) is 0 Å². The maximum absolute atomic E-state index is 6.12. The number of benzene rings is 1. The van der Waals surface area contributed by atoms with Crippen molar-refractivity contribution >= 4 is 41.5 Å². The molecule has 0 bridgehead atoms. The molecule has 7 heteroatoms. The van der Waals surface area contributed by atoms with E-state index >= 15 is 0 Å². The first kappa shape index (κ1) is 17.8. The summed E-state index contributed by atoms with van der Waals surface area (Å²) in [5.41, 5.74) is 2.02. The van der Waals surface area contributed by atoms with Crippen LogP contribution >= 0.6 is 35.6 Å². The molecular weight excluding hydrogens is 401 g/mol. The molecule has 1 aromatic carbocycles. The Morgan fingerprint density at radius 2 is 2.10 bits per heavy atom. The van der Waals surface area contributed by atoms with Gasteiger partial charge in [0.05, 0.1) is 18.8 Å². The lowest BCUT2D eigenvalue weighted by Crippen LogP contribution is -2.36. The van der Waals surface area contributed by atoms with Crippen molar-refractivity contribution in [3.05, 3.63) is 52.8 Å². The predicted molar refractivity (Wildman–Crippen MR) is 97.1 cm³/mol. The molecule has 21 heavy (non-hydrogen) atoms. The zero-order valence-electron chi connectivity index (χ0n) is 11.8. The number of halogens is 2. The Morgan fingerprint density at radius 3 is 2.76 bits per heavy atom. The number of hydrogen-bond acceptors (Lipinski definition) is 2. The zero-order valence-corrected chi connectivity index (χ0v) is 14.9. The Kier molecular flexibility index (Phi) is 8.14. The monoisotopic (exact) mass is 419 g/mol. The van der Waals surface area contributed by atoms with Crippen molar-refractivity contribution in [3.8, 4) is 0 Å². The van der Waals surface area contributed by atoms with Gasteiger partial charge in [-0.3, -0.25) is 5.10 Å². The third-order valence-corrected chi connectivity index (χ3v) is 3.08. The van der Waals surface area contributed by atoms with Gasteiger partial charge >= 0.3 is 0 Å². The van der Waals surface area contributed by atoms with Crippen molar-refractivity contribution < 1.29 is 0 Å². The number of aromatic nitrogens is 2. The van der Waals surface area contributed by atoms with Crippen LogP contribution in [0, 0.1) is 0 Å². The largest absolute Gasteiger partial charge is 0.357 e. The van der Waals surface area contributed by atoms with Gasteiger partial charge in [0.25, 0.3) is 0 Å². The highest BCUT2D eigenvalue weighted by atomic mass is 127. The van der Waals surface area contributed by atoms with E-state index in [-0.39, 0.29) is 24.0 Å². The highest BCUT2D eigenvalue weighted by Gasteiger charge is 2.01. The summed E-state index contributed by atoms with van der Waals surface area (Å²) in [7, 11) is 0. The molecule has 0 saturated heterocycles. The van der Waals surface area contributed by atoms with Crippen LogP contribution in [0.3, 0.4) is 0 Å². The summed E-state index contributed by atoms with van der Waals surface area (Å²) >= 11 is 6.12. The maximum atomic E-state index is 6.12. The van der Waals surface area contributed by atoms with Gasteiger partial charge in [0.1, 0.15) is 0 Å². The molecule has 1 heterocycles. The van der Waals surface area contributed by atoms with Crippen LogP contribution in [0.1, 0.15) is 18.2 Å². The van der Waals surface area contributed by atoms with Gasteiger partial charge in [-0.05, 0) is 24.6 Å². The highest BCUT2D eigenvalue weighted by Crippen LogP contribution is 2.15. The minimum atomic E-state index is 0. The molecule has 0 aliphatic carbocycles. The minimum absolute atomic E-state index is 0. The van der Waals surface area contributed by atoms with Crippen LogP contribution in [0.5, 0.6) is 0 Å². The average molecular weight is 420 g/mol. The van der Waals surface area contributed by atoms with Gasteiger partial charge in [0, 0.05) is 17.8 Å². The van der Waals surface area contributed by atoms with Crippen molar-refractivity contribution in [2.45, 2.75) is 20.0 Å². The lowest BCUT2D eigenvalue weighted by atomic mass is 10.2. The molecule has 0 saturated carbocycles. The standard InChI is InChI=1S/C14H18ClN5.HI/c1-2-16-14(18-10-12-7-8-19-20-12)17-9-11-5-3-4-6-13(11)15;/h3-8H,2,9-10H2,1H3,(H,19,20)(H2,16,17,18);1H. The van der Waals surface area contributed by atoms with Crippen LogP contribution in [0.2, 0.25) is 5.02 Å². The summed E-state index contributed by atoms with van der Waals surface area (Å²) in [6.45, 7) is 4.02. The van der Waals surface area contributed by atoms with Crippen LogP contribution in [-0.2, 0) is 13.1 Å². The van der Waals surface area contributed by atoms with Crippen molar-refractivity contribution in [2.75, 3.05) is 6.54 Å². The number of H-pyrrole nitrogens is 1. The van der Waals surface area contributed by atoms with Gasteiger partial charge in [0.15, 0.2) is 5.96 Å². The second kappa shape index (κ2) is 9.62. The first-order valence-corrected chi connectivity index (χ1v) is 6.91. The lowest BCUT2D eigenvalue weighted by molar-refractivity contribution is 0.794. The Labute approximate surface area is 146 Å². The number of nitrogens with one attached hydrogen (secondary N) is 3. The van der Waals surface area contributed by atoms with E-state index in [0.29, 0.717) is 13.1 Å². The number of rotatable bonds is 5. The summed E-state index contributed by atoms with van der Waals surface area (Å²) in [4.78, 5) is 4.52. The van der Waals surface area contributed by atoms with Crippen LogP contribution < -0.4 is 10.6 Å². The number of nitrogens with zero attached hydrogens (tertiary/aromatic N) is 2. The molecule has 0 amide bonds. The van der Waals surface area contributed by atoms with Crippen LogP contribution in [-0.4, -0.2) is 22.7 Å². The van der Waals surface area contributed by atoms with Crippen LogP contribution in [0.15, 0.2) is 41.5 Å². The van der Waals surface area contributed by atoms with E-state index in [2.05, 4.69) is 25.8 Å². The van der Waals surface area contributed by atoms with E-state index in [1.807, 2.05) is 37.3 Å². The third-order valence-electron chi connectivity index (χ3n) is 2.71. The van der Waals surface area contributed by atoms with E-state index in [1.165, 1.54) is 0 Å². The fourth-order valence-corrected chi connectivity index (χ4v) is 1.89. The Hall–Kier alpha value is -1.28. The molecule has 0 unspecified atom stereocenters. The summed E-state index contributed by atoms with van der Waals surface area (Å²) in [6, 6.07) is 9.64. The van der Waals surface area contributed by atoms with Gasteiger partial charge in [-0.1, -0.05) is 29.8 Å². The van der Waals surface area contributed by atoms with E-state index < -0.39 is 0 Å². The molecule has 114 valence electrons. The smallest absolute Gasteiger partial charge is 0.191 e. The second-order valence-corrected chi connectivity index (χ2v) is 4.63. The van der Waals surface area contributed by atoms with Gasteiger partial charge in [-0.25, -0.2) is 4.99 Å². The molecule has 0 fully saturated rings. The Bertz CT molecular complexity index is 556. The predicted octanol–water partition coefficient (Wildman–Crippen LogP) is 2.94. The molecule has 0 spiro atoms. The molecular formula is C14H19ClIN5. The second-order valence-electron chi connectivity index (χ2n) is 4.22. The molecule has 2 aromatic rings. The fourth-order valence-electron chi connectivity index (χ4n) is 1.69. The van der Waals surface area contributed by atoms with Crippen molar-refractivity contribution in [1.29, 1.82) is 0 Å². The summed E-state index contributed by atoms with van der Waals surface area (Å²) < 4.78 is 0. The molecule has 0 atom stereocenters. The molecule has 0 radical (unpaired) electrons. The lowest BCUT2D eigenvalue weighted by Gasteiger charge is -2.10. The first-order valence-electron chi connectivity index (χ1n) is 6.53. The molecule has 0 aliphatic rings. The normalized spacial score (nSPS) is 10.9. The highest BCUT2D eigenvalue weighted by molar-refractivity contribution is 14.0. The average Bonchev–Trinajstić information content (AvgIpc) is 2.97.